The second kappa shape index (κ2) is 9.93. The van der Waals surface area contributed by atoms with Crippen molar-refractivity contribution in [2.75, 3.05) is 76.8 Å². The van der Waals surface area contributed by atoms with Crippen LogP contribution in [0, 0.1) is 0 Å². The summed E-state index contributed by atoms with van der Waals surface area (Å²) in [5, 5.41) is 8.10. The van der Waals surface area contributed by atoms with E-state index in [9.17, 15) is 9.59 Å². The van der Waals surface area contributed by atoms with Crippen LogP contribution in [0.1, 0.15) is 31.2 Å². The van der Waals surface area contributed by atoms with Gasteiger partial charge in [0.15, 0.2) is 0 Å². The number of hydrazine groups is 1. The van der Waals surface area contributed by atoms with Crippen LogP contribution in [0.3, 0.4) is 0 Å². The fraction of sp³-hybridized carbons (Fsp3) is 0.680. The molecule has 0 aliphatic carbocycles. The highest BCUT2D eigenvalue weighted by atomic mass is 16.6. The van der Waals surface area contributed by atoms with Gasteiger partial charge in [0.1, 0.15) is 6.10 Å². The first-order chi connectivity index (χ1) is 16.9. The van der Waals surface area contributed by atoms with Crippen molar-refractivity contribution >= 4 is 23.6 Å². The maximum Gasteiger partial charge on any atom is 0.414 e. The Morgan fingerprint density at radius 3 is 2.51 bits per heavy atom. The van der Waals surface area contributed by atoms with Crippen molar-refractivity contribution in [2.45, 2.75) is 43.9 Å². The fourth-order valence-electron chi connectivity index (χ4n) is 5.84. The number of ether oxygens (including phenoxy) is 2. The largest absolute Gasteiger partial charge is 0.452 e. The number of carbonyl (C=O) groups excluding carboxylic acids is 2. The molecule has 3 atom stereocenters. The lowest BCUT2D eigenvalue weighted by Gasteiger charge is -2.41. The molecule has 0 aromatic heterocycles. The van der Waals surface area contributed by atoms with Crippen molar-refractivity contribution in [1.82, 2.24) is 20.2 Å². The molecule has 2 unspecified atom stereocenters. The molecule has 3 fully saturated rings. The highest BCUT2D eigenvalue weighted by Crippen LogP contribution is 2.40. The van der Waals surface area contributed by atoms with E-state index in [0.717, 1.165) is 52.1 Å². The molecule has 5 rings (SSSR count). The summed E-state index contributed by atoms with van der Waals surface area (Å²) in [5.74, 6) is 0.321. The van der Waals surface area contributed by atoms with Crippen LogP contribution < -0.4 is 15.1 Å². The smallest absolute Gasteiger partial charge is 0.414 e. The van der Waals surface area contributed by atoms with Gasteiger partial charge in [-0.25, -0.2) is 19.6 Å². The third kappa shape index (κ3) is 4.72. The average Bonchev–Trinajstić information content (AvgIpc) is 3.17. The number of amides is 2. The number of likely N-dealkylation sites (N-methyl/N-ethyl adjacent to an activating group) is 2. The van der Waals surface area contributed by atoms with E-state index in [1.54, 1.807) is 9.80 Å². The number of piperidine rings is 1. The lowest BCUT2D eigenvalue weighted by Crippen LogP contribution is -2.59. The summed E-state index contributed by atoms with van der Waals surface area (Å²) in [6.45, 7) is 7.96. The Balaban J connectivity index is 1.42. The summed E-state index contributed by atoms with van der Waals surface area (Å²) < 4.78 is 11.0. The summed E-state index contributed by atoms with van der Waals surface area (Å²) in [5.41, 5.74) is 2.56. The average molecular weight is 487 g/mol. The summed E-state index contributed by atoms with van der Waals surface area (Å²) in [4.78, 5) is 31.6. The minimum atomic E-state index is -0.419. The molecule has 4 heterocycles. The predicted molar refractivity (Wildman–Crippen MR) is 134 cm³/mol. The van der Waals surface area contributed by atoms with E-state index in [4.69, 9.17) is 9.47 Å². The van der Waals surface area contributed by atoms with Crippen LogP contribution >= 0.6 is 0 Å². The highest BCUT2D eigenvalue weighted by Gasteiger charge is 2.40. The second-order valence-electron chi connectivity index (χ2n) is 10.4. The van der Waals surface area contributed by atoms with E-state index >= 15 is 0 Å². The number of methoxy groups -OCH3 is 1. The minimum Gasteiger partial charge on any atom is -0.452 e. The number of hydrogen-bond acceptors (Lipinski definition) is 8. The molecule has 10 nitrogen and oxygen atoms in total. The van der Waals surface area contributed by atoms with E-state index in [1.165, 1.54) is 12.7 Å². The molecule has 3 saturated heterocycles. The van der Waals surface area contributed by atoms with Gasteiger partial charge in [-0.3, -0.25) is 9.80 Å². The van der Waals surface area contributed by atoms with Gasteiger partial charge in [0.05, 0.1) is 31.1 Å². The third-order valence-electron chi connectivity index (χ3n) is 7.86. The van der Waals surface area contributed by atoms with Crippen molar-refractivity contribution in [3.63, 3.8) is 0 Å². The Kier molecular flexibility index (Phi) is 6.89. The number of benzene rings is 1. The van der Waals surface area contributed by atoms with Gasteiger partial charge in [-0.1, -0.05) is 6.07 Å². The van der Waals surface area contributed by atoms with Crippen molar-refractivity contribution < 1.29 is 19.1 Å². The van der Waals surface area contributed by atoms with E-state index in [2.05, 4.69) is 46.5 Å². The third-order valence-corrected chi connectivity index (χ3v) is 7.86. The van der Waals surface area contributed by atoms with Crippen LogP contribution in [0.4, 0.5) is 21.0 Å². The van der Waals surface area contributed by atoms with Crippen LogP contribution in [-0.4, -0.2) is 112 Å². The molecule has 4 aliphatic heterocycles. The Labute approximate surface area is 207 Å². The van der Waals surface area contributed by atoms with Crippen molar-refractivity contribution in [1.29, 1.82) is 0 Å². The van der Waals surface area contributed by atoms with Crippen LogP contribution in [0.15, 0.2) is 18.2 Å². The summed E-state index contributed by atoms with van der Waals surface area (Å²) in [6.07, 6.45) is 1.02. The van der Waals surface area contributed by atoms with Gasteiger partial charge >= 0.3 is 12.2 Å². The molecule has 1 aromatic carbocycles. The van der Waals surface area contributed by atoms with Crippen molar-refractivity contribution in [3.05, 3.63) is 23.8 Å². The normalized spacial score (nSPS) is 28.5. The van der Waals surface area contributed by atoms with Crippen LogP contribution in [0.2, 0.25) is 0 Å². The molecular weight excluding hydrogens is 448 g/mol. The number of nitrogens with zero attached hydrogens (tertiary/aromatic N) is 5. The topological polar surface area (TPSA) is 80.8 Å². The van der Waals surface area contributed by atoms with Gasteiger partial charge in [-0.2, -0.15) is 0 Å². The Morgan fingerprint density at radius 2 is 1.83 bits per heavy atom. The van der Waals surface area contributed by atoms with Crippen molar-refractivity contribution in [2.24, 2.45) is 0 Å². The fourth-order valence-corrected chi connectivity index (χ4v) is 5.84. The zero-order valence-corrected chi connectivity index (χ0v) is 21.3. The SMILES string of the molecule is COC(=O)N1c2ccc(C3CN(C)N(C4CNC4)C3)cc2N(C(=O)OC2CCCN(C)C2)C[C@@H]1C. The zero-order chi connectivity index (χ0) is 24.7. The number of hydrogen-bond donors (Lipinski definition) is 1. The van der Waals surface area contributed by atoms with Crippen LogP contribution in [0.5, 0.6) is 0 Å². The number of likely N-dealkylation sites (tertiary alicyclic amines) is 1. The summed E-state index contributed by atoms with van der Waals surface area (Å²) in [7, 11) is 5.59. The van der Waals surface area contributed by atoms with Gasteiger partial charge < -0.3 is 19.7 Å². The quantitative estimate of drug-likeness (QED) is 0.694. The maximum atomic E-state index is 13.4. The number of carbonyl (C=O) groups is 2. The Morgan fingerprint density at radius 1 is 1.03 bits per heavy atom. The van der Waals surface area contributed by atoms with E-state index in [-0.39, 0.29) is 18.2 Å². The number of nitrogens with one attached hydrogen (secondary N) is 1. The van der Waals surface area contributed by atoms with Gasteiger partial charge in [0, 0.05) is 51.7 Å². The molecule has 0 spiro atoms. The zero-order valence-electron chi connectivity index (χ0n) is 21.3. The molecular formula is C25H38N6O4. The molecule has 1 N–H and O–H groups in total. The van der Waals surface area contributed by atoms with Crippen LogP contribution in [-0.2, 0) is 9.47 Å². The van der Waals surface area contributed by atoms with E-state index in [1.807, 2.05) is 13.0 Å². The van der Waals surface area contributed by atoms with Gasteiger partial charge in [-0.15, -0.1) is 0 Å². The first kappa shape index (κ1) is 24.3. The highest BCUT2D eigenvalue weighted by molar-refractivity contribution is 6.01. The van der Waals surface area contributed by atoms with E-state index in [0.29, 0.717) is 29.9 Å². The Hall–Kier alpha value is -2.40. The number of fused-ring (bicyclic) bond motifs is 1. The molecule has 0 saturated carbocycles. The Bertz CT molecular complexity index is 956. The van der Waals surface area contributed by atoms with Gasteiger partial charge in [0.2, 0.25) is 0 Å². The molecule has 35 heavy (non-hydrogen) atoms. The number of anilines is 2. The molecule has 192 valence electrons. The predicted octanol–water partition coefficient (Wildman–Crippen LogP) is 1.92. The van der Waals surface area contributed by atoms with Gasteiger partial charge in [0.25, 0.3) is 0 Å². The molecule has 0 radical (unpaired) electrons. The van der Waals surface area contributed by atoms with E-state index < -0.39 is 6.09 Å². The standard InChI is InChI=1S/C25H38N6O4/c1-17-13-29(24(32)35-21-6-5-9-27(2)16-21)23-10-18(7-8-22(23)31(17)25(33)34-4)19-14-28(3)30(15-19)20-11-26-12-20/h7-8,10,17,19-21,26H,5-6,9,11-16H2,1-4H3/t17-,19?,21?/m0/s1. The minimum absolute atomic E-state index is 0.116. The van der Waals surface area contributed by atoms with Gasteiger partial charge in [-0.05, 0) is 51.1 Å². The molecule has 0 bridgehead atoms. The maximum absolute atomic E-state index is 13.4. The number of rotatable bonds is 3. The summed E-state index contributed by atoms with van der Waals surface area (Å²) >= 11 is 0. The molecule has 2 amide bonds. The lowest BCUT2D eigenvalue weighted by atomic mass is 9.96. The first-order valence-corrected chi connectivity index (χ1v) is 12.7. The summed E-state index contributed by atoms with van der Waals surface area (Å²) in [6, 6.07) is 6.43. The van der Waals surface area contributed by atoms with Crippen molar-refractivity contribution in [3.8, 4) is 0 Å². The van der Waals surface area contributed by atoms with Crippen LogP contribution in [0.25, 0.3) is 0 Å². The monoisotopic (exact) mass is 486 g/mol. The first-order valence-electron chi connectivity index (χ1n) is 12.7. The molecule has 4 aliphatic rings. The second-order valence-corrected chi connectivity index (χ2v) is 10.4. The lowest BCUT2D eigenvalue weighted by molar-refractivity contribution is -0.0110. The molecule has 10 heteroatoms. The molecule has 1 aromatic rings.